The van der Waals surface area contributed by atoms with E-state index in [1.165, 1.54) is 6.21 Å². The van der Waals surface area contributed by atoms with Crippen molar-refractivity contribution in [3.05, 3.63) is 59.7 Å². The lowest BCUT2D eigenvalue weighted by Gasteiger charge is -2.23. The van der Waals surface area contributed by atoms with Crippen LogP contribution in [-0.2, 0) is 14.8 Å². The molecule has 0 unspecified atom stereocenters. The summed E-state index contributed by atoms with van der Waals surface area (Å²) in [4.78, 5) is 13.3. The summed E-state index contributed by atoms with van der Waals surface area (Å²) in [6.07, 6.45) is 4.58. The van der Waals surface area contributed by atoms with Crippen LogP contribution in [0, 0.1) is 6.92 Å². The van der Waals surface area contributed by atoms with E-state index in [1.807, 2.05) is 36.6 Å². The Labute approximate surface area is 158 Å². The number of anilines is 1. The number of hydrogen-bond donors (Lipinski definition) is 1. The Morgan fingerprint density at radius 1 is 1.19 bits per heavy atom. The first-order chi connectivity index (χ1) is 12.3. The van der Waals surface area contributed by atoms with E-state index in [4.69, 9.17) is 0 Å². The second-order valence-corrected chi connectivity index (χ2v) is 8.41. The maximum atomic E-state index is 12.1. The molecule has 0 aromatic heterocycles. The van der Waals surface area contributed by atoms with Gasteiger partial charge in [-0.1, -0.05) is 30.3 Å². The molecule has 0 atom stereocenters. The summed E-state index contributed by atoms with van der Waals surface area (Å²) in [5, 5.41) is 3.90. The first-order valence-corrected chi connectivity index (χ1v) is 10.9. The van der Waals surface area contributed by atoms with Crippen LogP contribution >= 0.6 is 11.8 Å². The van der Waals surface area contributed by atoms with Gasteiger partial charge in [0.1, 0.15) is 6.54 Å². The molecule has 0 aliphatic rings. The molecular weight excluding hydrogens is 370 g/mol. The Morgan fingerprint density at radius 3 is 2.42 bits per heavy atom. The van der Waals surface area contributed by atoms with E-state index in [2.05, 4.69) is 10.5 Å². The SMILES string of the molecule is CSc1ccc(/C=N\NC(=O)CN(c2ccccc2C)S(C)(=O)=O)cc1. The quantitative estimate of drug-likeness (QED) is 0.447. The van der Waals surface area contributed by atoms with Gasteiger partial charge >= 0.3 is 0 Å². The highest BCUT2D eigenvalue weighted by Gasteiger charge is 2.21. The molecule has 1 amide bonds. The van der Waals surface area contributed by atoms with Gasteiger partial charge in [0.05, 0.1) is 18.2 Å². The Kier molecular flexibility index (Phi) is 6.82. The smallest absolute Gasteiger partial charge is 0.260 e. The number of hydrazone groups is 1. The molecule has 0 aliphatic carbocycles. The molecule has 0 saturated heterocycles. The number of rotatable bonds is 7. The average Bonchev–Trinajstić information content (AvgIpc) is 2.60. The second-order valence-electron chi connectivity index (χ2n) is 5.62. The molecule has 1 N–H and O–H groups in total. The molecule has 0 heterocycles. The molecule has 0 bridgehead atoms. The maximum absolute atomic E-state index is 12.1. The van der Waals surface area contributed by atoms with Gasteiger partial charge < -0.3 is 0 Å². The molecular formula is C18H21N3O3S2. The van der Waals surface area contributed by atoms with E-state index in [0.29, 0.717) is 5.69 Å². The Morgan fingerprint density at radius 2 is 1.85 bits per heavy atom. The summed E-state index contributed by atoms with van der Waals surface area (Å²) in [6, 6.07) is 14.7. The van der Waals surface area contributed by atoms with Crippen LogP contribution < -0.4 is 9.73 Å². The van der Waals surface area contributed by atoms with Gasteiger partial charge in [-0.3, -0.25) is 9.10 Å². The van der Waals surface area contributed by atoms with Crippen LogP contribution in [0.3, 0.4) is 0 Å². The fourth-order valence-electron chi connectivity index (χ4n) is 2.26. The molecule has 2 aromatic carbocycles. The first-order valence-electron chi connectivity index (χ1n) is 7.80. The number of para-hydroxylation sites is 1. The lowest BCUT2D eigenvalue weighted by molar-refractivity contribution is -0.119. The third-order valence-corrected chi connectivity index (χ3v) is 5.46. The van der Waals surface area contributed by atoms with Gasteiger partial charge in [0.2, 0.25) is 10.0 Å². The van der Waals surface area contributed by atoms with Crippen molar-refractivity contribution in [2.24, 2.45) is 5.10 Å². The summed E-state index contributed by atoms with van der Waals surface area (Å²) in [5.74, 6) is -0.518. The van der Waals surface area contributed by atoms with Gasteiger partial charge in [-0.25, -0.2) is 13.8 Å². The standard InChI is InChI=1S/C18H21N3O3S2/c1-14-6-4-5-7-17(14)21(26(3,23)24)13-18(22)20-19-12-15-8-10-16(25-2)11-9-15/h4-12H,13H2,1-3H3,(H,20,22)/b19-12-. The summed E-state index contributed by atoms with van der Waals surface area (Å²) in [5.41, 5.74) is 4.45. The van der Waals surface area contributed by atoms with Crippen LogP contribution in [-0.4, -0.2) is 39.6 Å². The highest BCUT2D eigenvalue weighted by Crippen LogP contribution is 2.21. The van der Waals surface area contributed by atoms with E-state index in [0.717, 1.165) is 26.6 Å². The maximum Gasteiger partial charge on any atom is 0.260 e. The van der Waals surface area contributed by atoms with Gasteiger partial charge in [-0.2, -0.15) is 5.10 Å². The molecule has 138 valence electrons. The van der Waals surface area contributed by atoms with Gasteiger partial charge in [0.25, 0.3) is 5.91 Å². The van der Waals surface area contributed by atoms with Gasteiger partial charge in [0, 0.05) is 4.90 Å². The molecule has 0 radical (unpaired) electrons. The summed E-state index contributed by atoms with van der Waals surface area (Å²) in [6.45, 7) is 1.45. The van der Waals surface area contributed by atoms with Gasteiger partial charge in [-0.05, 0) is 42.5 Å². The molecule has 2 rings (SSSR count). The molecule has 8 heteroatoms. The molecule has 0 saturated carbocycles. The van der Waals surface area contributed by atoms with Crippen molar-refractivity contribution in [1.29, 1.82) is 0 Å². The third-order valence-electron chi connectivity index (χ3n) is 3.59. The highest BCUT2D eigenvalue weighted by atomic mass is 32.2. The topological polar surface area (TPSA) is 78.8 Å². The lowest BCUT2D eigenvalue weighted by atomic mass is 10.2. The van der Waals surface area contributed by atoms with Crippen molar-refractivity contribution in [1.82, 2.24) is 5.43 Å². The number of nitrogens with zero attached hydrogens (tertiary/aromatic N) is 2. The van der Waals surface area contributed by atoms with Crippen molar-refractivity contribution < 1.29 is 13.2 Å². The zero-order valence-electron chi connectivity index (χ0n) is 14.8. The number of aryl methyl sites for hydroxylation is 1. The third kappa shape index (κ3) is 5.60. The molecule has 0 aliphatic heterocycles. The van der Waals surface area contributed by atoms with Crippen molar-refractivity contribution >= 4 is 39.6 Å². The van der Waals surface area contributed by atoms with Gasteiger partial charge in [0.15, 0.2) is 0 Å². The van der Waals surface area contributed by atoms with E-state index in [1.54, 1.807) is 36.9 Å². The van der Waals surface area contributed by atoms with E-state index < -0.39 is 15.9 Å². The van der Waals surface area contributed by atoms with Crippen LogP contribution in [0.25, 0.3) is 0 Å². The molecule has 0 spiro atoms. The number of thioether (sulfide) groups is 1. The van der Waals surface area contributed by atoms with Crippen LogP contribution in [0.5, 0.6) is 0 Å². The van der Waals surface area contributed by atoms with Crippen LogP contribution in [0.2, 0.25) is 0 Å². The first kappa shape index (κ1) is 20.0. The van der Waals surface area contributed by atoms with Crippen LogP contribution in [0.1, 0.15) is 11.1 Å². The second kappa shape index (κ2) is 8.86. The molecule has 0 fully saturated rings. The molecule has 26 heavy (non-hydrogen) atoms. The van der Waals surface area contributed by atoms with Crippen molar-refractivity contribution in [3.63, 3.8) is 0 Å². The summed E-state index contributed by atoms with van der Waals surface area (Å²) >= 11 is 1.64. The van der Waals surface area contributed by atoms with Crippen molar-refractivity contribution in [3.8, 4) is 0 Å². The average molecular weight is 392 g/mol. The fourth-order valence-corrected chi connectivity index (χ4v) is 3.58. The lowest BCUT2D eigenvalue weighted by Crippen LogP contribution is -2.39. The minimum absolute atomic E-state index is 0.341. The van der Waals surface area contributed by atoms with E-state index in [-0.39, 0.29) is 6.54 Å². The minimum atomic E-state index is -3.60. The zero-order valence-corrected chi connectivity index (χ0v) is 16.5. The normalized spacial score (nSPS) is 11.5. The predicted molar refractivity (Wildman–Crippen MR) is 107 cm³/mol. The zero-order chi connectivity index (χ0) is 19.2. The van der Waals surface area contributed by atoms with Crippen LogP contribution in [0.15, 0.2) is 58.5 Å². The highest BCUT2D eigenvalue weighted by molar-refractivity contribution is 7.98. The number of benzene rings is 2. The van der Waals surface area contributed by atoms with Crippen LogP contribution in [0.4, 0.5) is 5.69 Å². The summed E-state index contributed by atoms with van der Waals surface area (Å²) in [7, 11) is -3.60. The van der Waals surface area contributed by atoms with Crippen molar-refractivity contribution in [2.45, 2.75) is 11.8 Å². The Balaban J connectivity index is 2.05. The number of hydrogen-bond acceptors (Lipinski definition) is 5. The number of sulfonamides is 1. The number of carbonyl (C=O) groups is 1. The van der Waals surface area contributed by atoms with Crippen molar-refractivity contribution in [2.75, 3.05) is 23.4 Å². The summed E-state index contributed by atoms with van der Waals surface area (Å²) < 4.78 is 25.2. The van der Waals surface area contributed by atoms with E-state index >= 15 is 0 Å². The number of carbonyl (C=O) groups excluding carboxylic acids is 1. The molecule has 2 aromatic rings. The monoisotopic (exact) mass is 391 g/mol. The number of amides is 1. The molecule has 6 nitrogen and oxygen atoms in total. The fraction of sp³-hybridized carbons (Fsp3) is 0.222. The Hall–Kier alpha value is -2.32. The number of nitrogens with one attached hydrogen (secondary N) is 1. The van der Waals surface area contributed by atoms with E-state index in [9.17, 15) is 13.2 Å². The predicted octanol–water partition coefficient (Wildman–Crippen LogP) is 2.63. The Bertz CT molecular complexity index is 894. The van der Waals surface area contributed by atoms with Gasteiger partial charge in [-0.15, -0.1) is 11.8 Å². The minimum Gasteiger partial charge on any atom is -0.271 e. The largest absolute Gasteiger partial charge is 0.271 e.